The fourth-order valence-electron chi connectivity index (χ4n) is 1.96. The van der Waals surface area contributed by atoms with E-state index in [1.165, 1.54) is 24.3 Å². The number of methoxy groups -OCH3 is 1. The van der Waals surface area contributed by atoms with Crippen molar-refractivity contribution in [1.29, 1.82) is 0 Å². The van der Waals surface area contributed by atoms with Gasteiger partial charge in [-0.2, -0.15) is 0 Å². The highest BCUT2D eigenvalue weighted by atomic mass is 35.5. The van der Waals surface area contributed by atoms with Crippen LogP contribution in [0.4, 0.5) is 5.69 Å². The molecule has 0 aromatic carbocycles. The molecule has 0 spiro atoms. The smallest absolute Gasteiger partial charge is 0.331 e. The van der Waals surface area contributed by atoms with Crippen molar-refractivity contribution in [3.05, 3.63) is 23.0 Å². The first-order valence-electron chi connectivity index (χ1n) is 5.92. The van der Waals surface area contributed by atoms with Crippen LogP contribution in [0.2, 0.25) is 5.15 Å². The number of carbonyl (C=O) groups is 2. The van der Waals surface area contributed by atoms with Crippen LogP contribution in [-0.2, 0) is 14.3 Å². The lowest BCUT2D eigenvalue weighted by molar-refractivity contribution is -0.151. The molecule has 20 heavy (non-hydrogen) atoms. The highest BCUT2D eigenvalue weighted by Crippen LogP contribution is 2.20. The van der Waals surface area contributed by atoms with Gasteiger partial charge in [-0.15, -0.1) is 0 Å². The molecular weight excluding hydrogens is 286 g/mol. The Morgan fingerprint density at radius 2 is 2.35 bits per heavy atom. The average Bonchev–Trinajstić information content (AvgIpc) is 2.48. The Kier molecular flexibility index (Phi) is 4.41. The number of halogens is 1. The summed E-state index contributed by atoms with van der Waals surface area (Å²) in [5.74, 6) is -0.928. The Hall–Kier alpha value is -1.86. The molecule has 1 fully saturated rings. The maximum atomic E-state index is 12.5. The topological polar surface area (TPSA) is 94.8 Å². The monoisotopic (exact) mass is 299 g/mol. The summed E-state index contributed by atoms with van der Waals surface area (Å²) < 4.78 is 9.89. The van der Waals surface area contributed by atoms with Gasteiger partial charge in [-0.3, -0.25) is 4.79 Å². The number of anilines is 1. The number of ether oxygens (including phenoxy) is 2. The third kappa shape index (κ3) is 2.83. The van der Waals surface area contributed by atoms with E-state index in [9.17, 15) is 9.59 Å². The molecule has 1 aliphatic heterocycles. The molecule has 1 aliphatic rings. The Morgan fingerprint density at radius 3 is 3.05 bits per heavy atom. The van der Waals surface area contributed by atoms with Crippen LogP contribution < -0.4 is 5.73 Å². The molecule has 7 nitrogen and oxygen atoms in total. The van der Waals surface area contributed by atoms with Crippen molar-refractivity contribution >= 4 is 29.2 Å². The maximum absolute atomic E-state index is 12.5. The number of nitrogens with two attached hydrogens (primary N) is 1. The molecule has 1 unspecified atom stereocenters. The highest BCUT2D eigenvalue weighted by molar-refractivity contribution is 6.29. The van der Waals surface area contributed by atoms with E-state index >= 15 is 0 Å². The predicted molar refractivity (Wildman–Crippen MR) is 71.3 cm³/mol. The summed E-state index contributed by atoms with van der Waals surface area (Å²) in [5, 5.41) is 0.158. The van der Waals surface area contributed by atoms with Crippen LogP contribution in [0.1, 0.15) is 10.4 Å². The third-order valence-corrected chi connectivity index (χ3v) is 3.20. The summed E-state index contributed by atoms with van der Waals surface area (Å²) in [7, 11) is 1.26. The summed E-state index contributed by atoms with van der Waals surface area (Å²) in [6.45, 7) is 0.715. The first-order valence-corrected chi connectivity index (χ1v) is 6.30. The zero-order valence-electron chi connectivity index (χ0n) is 10.8. The number of aromatic nitrogens is 1. The largest absolute Gasteiger partial charge is 0.467 e. The molecule has 8 heteroatoms. The molecule has 1 saturated heterocycles. The zero-order chi connectivity index (χ0) is 14.7. The van der Waals surface area contributed by atoms with E-state index in [0.29, 0.717) is 6.61 Å². The fraction of sp³-hybridized carbons (Fsp3) is 0.417. The van der Waals surface area contributed by atoms with Crippen molar-refractivity contribution in [2.75, 3.05) is 32.6 Å². The molecule has 1 aromatic rings. The summed E-state index contributed by atoms with van der Waals surface area (Å²) in [4.78, 5) is 29.4. The summed E-state index contributed by atoms with van der Waals surface area (Å²) in [5.41, 5.74) is 6.15. The van der Waals surface area contributed by atoms with Crippen molar-refractivity contribution < 1.29 is 19.1 Å². The molecule has 2 N–H and O–H groups in total. The first kappa shape index (κ1) is 14.5. The van der Waals surface area contributed by atoms with Crippen LogP contribution in [-0.4, -0.2) is 54.7 Å². The first-order chi connectivity index (χ1) is 9.54. The van der Waals surface area contributed by atoms with Crippen LogP contribution in [0.15, 0.2) is 12.3 Å². The minimum absolute atomic E-state index is 0.0944. The molecular formula is C12H14ClN3O4. The molecule has 0 aliphatic carbocycles. The van der Waals surface area contributed by atoms with Gasteiger partial charge in [0.05, 0.1) is 37.8 Å². The number of rotatable bonds is 2. The fourth-order valence-corrected chi connectivity index (χ4v) is 2.12. The predicted octanol–water partition coefficient (Wildman–Crippen LogP) is 0.331. The van der Waals surface area contributed by atoms with Crippen molar-refractivity contribution in [3.63, 3.8) is 0 Å². The minimum Gasteiger partial charge on any atom is -0.467 e. The standard InChI is InChI=1S/C12H14ClN3O4/c1-19-12(18)9-6-20-3-2-16(9)11(17)7-4-10(13)15-5-8(7)14/h4-5,9H,2-3,6,14H2,1H3. The van der Waals surface area contributed by atoms with Crippen LogP contribution in [0.25, 0.3) is 0 Å². The SMILES string of the molecule is COC(=O)C1COCCN1C(=O)c1cc(Cl)ncc1N. The highest BCUT2D eigenvalue weighted by Gasteiger charge is 2.34. The Balaban J connectivity index is 2.30. The molecule has 1 amide bonds. The van der Waals surface area contributed by atoms with Gasteiger partial charge in [0, 0.05) is 6.54 Å². The number of morpholine rings is 1. The number of nitrogen functional groups attached to an aromatic ring is 1. The normalized spacial score (nSPS) is 18.7. The second kappa shape index (κ2) is 6.06. The lowest BCUT2D eigenvalue weighted by Gasteiger charge is -2.33. The van der Waals surface area contributed by atoms with Gasteiger partial charge in [-0.25, -0.2) is 9.78 Å². The molecule has 0 bridgehead atoms. The van der Waals surface area contributed by atoms with Crippen LogP contribution in [0, 0.1) is 0 Å². The number of carbonyl (C=O) groups excluding carboxylic acids is 2. The van der Waals surface area contributed by atoms with Gasteiger partial charge in [0.25, 0.3) is 5.91 Å². The van der Waals surface area contributed by atoms with Crippen LogP contribution in [0.5, 0.6) is 0 Å². The van der Waals surface area contributed by atoms with E-state index in [1.54, 1.807) is 0 Å². The van der Waals surface area contributed by atoms with E-state index < -0.39 is 17.9 Å². The summed E-state index contributed by atoms with van der Waals surface area (Å²) >= 11 is 5.77. The second-order valence-electron chi connectivity index (χ2n) is 4.21. The van der Waals surface area contributed by atoms with Crippen molar-refractivity contribution in [3.8, 4) is 0 Å². The van der Waals surface area contributed by atoms with E-state index in [1.807, 2.05) is 0 Å². The molecule has 2 heterocycles. The summed E-state index contributed by atoms with van der Waals surface area (Å²) in [6, 6.07) is 0.593. The Morgan fingerprint density at radius 1 is 1.60 bits per heavy atom. The van der Waals surface area contributed by atoms with Crippen LogP contribution in [0.3, 0.4) is 0 Å². The number of nitrogens with zero attached hydrogens (tertiary/aromatic N) is 2. The number of pyridine rings is 1. The van der Waals surface area contributed by atoms with E-state index in [4.69, 9.17) is 22.1 Å². The van der Waals surface area contributed by atoms with Gasteiger partial charge in [0.15, 0.2) is 6.04 Å². The van der Waals surface area contributed by atoms with Crippen molar-refractivity contribution in [1.82, 2.24) is 9.88 Å². The second-order valence-corrected chi connectivity index (χ2v) is 4.59. The van der Waals surface area contributed by atoms with Crippen molar-refractivity contribution in [2.45, 2.75) is 6.04 Å². The maximum Gasteiger partial charge on any atom is 0.331 e. The number of amides is 1. The molecule has 0 radical (unpaired) electrons. The van der Waals surface area contributed by atoms with Crippen LogP contribution >= 0.6 is 11.6 Å². The minimum atomic E-state index is -0.785. The van der Waals surface area contributed by atoms with Gasteiger partial charge in [-0.05, 0) is 6.07 Å². The number of esters is 1. The van der Waals surface area contributed by atoms with Crippen molar-refractivity contribution in [2.24, 2.45) is 0 Å². The van der Waals surface area contributed by atoms with Gasteiger partial charge >= 0.3 is 5.97 Å². The Bertz CT molecular complexity index is 537. The van der Waals surface area contributed by atoms with E-state index in [-0.39, 0.29) is 29.6 Å². The lowest BCUT2D eigenvalue weighted by atomic mass is 10.1. The van der Waals surface area contributed by atoms with Gasteiger partial charge in [0.1, 0.15) is 5.15 Å². The molecule has 1 atom stereocenters. The summed E-state index contributed by atoms with van der Waals surface area (Å²) in [6.07, 6.45) is 1.31. The number of hydrogen-bond donors (Lipinski definition) is 1. The Labute approximate surface area is 120 Å². The molecule has 1 aromatic heterocycles. The lowest BCUT2D eigenvalue weighted by Crippen LogP contribution is -2.53. The average molecular weight is 300 g/mol. The molecule has 0 saturated carbocycles. The third-order valence-electron chi connectivity index (χ3n) is 2.99. The molecule has 2 rings (SSSR count). The molecule has 108 valence electrons. The zero-order valence-corrected chi connectivity index (χ0v) is 11.6. The van der Waals surface area contributed by atoms with E-state index in [2.05, 4.69) is 9.72 Å². The number of hydrogen-bond acceptors (Lipinski definition) is 6. The van der Waals surface area contributed by atoms with Gasteiger partial charge < -0.3 is 20.1 Å². The van der Waals surface area contributed by atoms with Gasteiger partial charge in [-0.1, -0.05) is 11.6 Å². The van der Waals surface area contributed by atoms with Gasteiger partial charge in [0.2, 0.25) is 0 Å². The van der Waals surface area contributed by atoms with E-state index in [0.717, 1.165) is 0 Å². The quantitative estimate of drug-likeness (QED) is 0.625.